The van der Waals surface area contributed by atoms with Gasteiger partial charge in [-0.1, -0.05) is 31.9 Å². The standard InChI is InChI=1S/C13H8Br2O3/c14-8-1-4-11(15)10(7-8)12-5-2-9(18-12)3-6-13(16)17/h1-7H,(H,16,17). The van der Waals surface area contributed by atoms with Crippen molar-refractivity contribution in [1.29, 1.82) is 0 Å². The van der Waals surface area contributed by atoms with Gasteiger partial charge >= 0.3 is 5.97 Å². The first-order chi connectivity index (χ1) is 8.56. The Morgan fingerprint density at radius 2 is 2.00 bits per heavy atom. The second-order valence-corrected chi connectivity index (χ2v) is 5.27. The van der Waals surface area contributed by atoms with Crippen molar-refractivity contribution in [2.45, 2.75) is 0 Å². The molecular weight excluding hydrogens is 364 g/mol. The van der Waals surface area contributed by atoms with Crippen LogP contribution in [0.2, 0.25) is 0 Å². The minimum atomic E-state index is -1.00. The number of carboxylic acids is 1. The Kier molecular flexibility index (Phi) is 4.04. The molecule has 2 rings (SSSR count). The highest BCUT2D eigenvalue weighted by Gasteiger charge is 2.08. The van der Waals surface area contributed by atoms with Gasteiger partial charge < -0.3 is 9.52 Å². The van der Waals surface area contributed by atoms with E-state index in [1.165, 1.54) is 6.08 Å². The van der Waals surface area contributed by atoms with E-state index in [2.05, 4.69) is 31.9 Å². The molecule has 0 saturated carbocycles. The van der Waals surface area contributed by atoms with Gasteiger partial charge in [-0.25, -0.2) is 4.79 Å². The van der Waals surface area contributed by atoms with Crippen LogP contribution in [-0.2, 0) is 4.79 Å². The molecular formula is C13H8Br2O3. The zero-order chi connectivity index (χ0) is 13.1. The molecule has 0 unspecified atom stereocenters. The topological polar surface area (TPSA) is 50.4 Å². The highest BCUT2D eigenvalue weighted by atomic mass is 79.9. The molecule has 5 heteroatoms. The number of rotatable bonds is 3. The number of halogens is 2. The fourth-order valence-electron chi connectivity index (χ4n) is 1.43. The lowest BCUT2D eigenvalue weighted by molar-refractivity contribution is -0.131. The Labute approximate surface area is 120 Å². The van der Waals surface area contributed by atoms with Crippen molar-refractivity contribution in [3.05, 3.63) is 51.1 Å². The molecule has 0 bridgehead atoms. The van der Waals surface area contributed by atoms with Gasteiger partial charge in [0.05, 0.1) is 0 Å². The van der Waals surface area contributed by atoms with Crippen LogP contribution in [0.15, 0.2) is 49.8 Å². The summed E-state index contributed by atoms with van der Waals surface area (Å²) in [6.07, 6.45) is 2.45. The first-order valence-electron chi connectivity index (χ1n) is 5.02. The minimum Gasteiger partial charge on any atom is -0.478 e. The van der Waals surface area contributed by atoms with E-state index in [1.807, 2.05) is 18.2 Å². The molecule has 3 nitrogen and oxygen atoms in total. The molecule has 1 heterocycles. The summed E-state index contributed by atoms with van der Waals surface area (Å²) in [6, 6.07) is 9.28. The van der Waals surface area contributed by atoms with Crippen molar-refractivity contribution in [2.24, 2.45) is 0 Å². The van der Waals surface area contributed by atoms with Gasteiger partial charge in [-0.05, 0) is 36.4 Å². The maximum atomic E-state index is 10.4. The number of benzene rings is 1. The summed E-state index contributed by atoms with van der Waals surface area (Å²) in [4.78, 5) is 10.4. The van der Waals surface area contributed by atoms with E-state index in [4.69, 9.17) is 9.52 Å². The summed E-state index contributed by atoms with van der Waals surface area (Å²) >= 11 is 6.84. The van der Waals surface area contributed by atoms with Crippen LogP contribution < -0.4 is 0 Å². The lowest BCUT2D eigenvalue weighted by Gasteiger charge is -2.01. The number of carbonyl (C=O) groups is 1. The van der Waals surface area contributed by atoms with Crippen LogP contribution in [0, 0.1) is 0 Å². The zero-order valence-corrected chi connectivity index (χ0v) is 12.2. The van der Waals surface area contributed by atoms with Gasteiger partial charge in [0.1, 0.15) is 11.5 Å². The predicted octanol–water partition coefficient (Wildman–Crippen LogP) is 4.57. The monoisotopic (exact) mass is 370 g/mol. The van der Waals surface area contributed by atoms with E-state index in [0.717, 1.165) is 20.6 Å². The third-order valence-corrected chi connectivity index (χ3v) is 3.40. The van der Waals surface area contributed by atoms with Crippen molar-refractivity contribution >= 4 is 43.9 Å². The highest BCUT2D eigenvalue weighted by molar-refractivity contribution is 9.11. The lowest BCUT2D eigenvalue weighted by Crippen LogP contribution is -1.84. The third-order valence-electron chi connectivity index (χ3n) is 2.21. The largest absolute Gasteiger partial charge is 0.478 e. The summed E-state index contributed by atoms with van der Waals surface area (Å²) in [7, 11) is 0. The van der Waals surface area contributed by atoms with Gasteiger partial charge in [0.25, 0.3) is 0 Å². The Morgan fingerprint density at radius 3 is 2.72 bits per heavy atom. The second kappa shape index (κ2) is 5.54. The molecule has 1 N–H and O–H groups in total. The summed E-state index contributed by atoms with van der Waals surface area (Å²) < 4.78 is 7.41. The normalized spacial score (nSPS) is 11.0. The van der Waals surface area contributed by atoms with Crippen molar-refractivity contribution < 1.29 is 14.3 Å². The summed E-state index contributed by atoms with van der Waals surface area (Å²) in [5.74, 6) is 0.170. The molecule has 0 saturated heterocycles. The van der Waals surface area contributed by atoms with E-state index in [1.54, 1.807) is 12.1 Å². The molecule has 0 radical (unpaired) electrons. The third kappa shape index (κ3) is 3.11. The maximum Gasteiger partial charge on any atom is 0.328 e. The van der Waals surface area contributed by atoms with Crippen LogP contribution in [0.1, 0.15) is 5.76 Å². The SMILES string of the molecule is O=C(O)C=Cc1ccc(-c2cc(Br)ccc2Br)o1. The average Bonchev–Trinajstić information content (AvgIpc) is 2.78. The van der Waals surface area contributed by atoms with Crippen molar-refractivity contribution in [3.63, 3.8) is 0 Å². The van der Waals surface area contributed by atoms with Crippen LogP contribution in [-0.4, -0.2) is 11.1 Å². The predicted molar refractivity (Wildman–Crippen MR) is 76.2 cm³/mol. The van der Waals surface area contributed by atoms with Crippen molar-refractivity contribution in [1.82, 2.24) is 0 Å². The fraction of sp³-hybridized carbons (Fsp3) is 0. The van der Waals surface area contributed by atoms with Crippen LogP contribution in [0.5, 0.6) is 0 Å². The Hall–Kier alpha value is -1.33. The zero-order valence-electron chi connectivity index (χ0n) is 9.06. The molecule has 1 aromatic heterocycles. The number of hydrogen-bond donors (Lipinski definition) is 1. The van der Waals surface area contributed by atoms with E-state index in [0.29, 0.717) is 11.5 Å². The molecule has 0 aliphatic rings. The Morgan fingerprint density at radius 1 is 1.22 bits per heavy atom. The summed E-state index contributed by atoms with van der Waals surface area (Å²) in [6.45, 7) is 0. The minimum absolute atomic E-state index is 0.499. The van der Waals surface area contributed by atoms with Gasteiger partial charge in [-0.15, -0.1) is 0 Å². The van der Waals surface area contributed by atoms with Gasteiger partial charge in [0, 0.05) is 20.6 Å². The van der Waals surface area contributed by atoms with E-state index in [-0.39, 0.29) is 0 Å². The number of aliphatic carboxylic acids is 1. The van der Waals surface area contributed by atoms with Gasteiger partial charge in [0.15, 0.2) is 0 Å². The second-order valence-electron chi connectivity index (χ2n) is 3.50. The maximum absolute atomic E-state index is 10.4. The molecule has 0 fully saturated rings. The molecule has 0 atom stereocenters. The van der Waals surface area contributed by atoms with Crippen LogP contribution in [0.25, 0.3) is 17.4 Å². The molecule has 18 heavy (non-hydrogen) atoms. The van der Waals surface area contributed by atoms with Gasteiger partial charge in [-0.2, -0.15) is 0 Å². The van der Waals surface area contributed by atoms with Gasteiger partial charge in [-0.3, -0.25) is 0 Å². The molecule has 1 aromatic carbocycles. The van der Waals surface area contributed by atoms with E-state index < -0.39 is 5.97 Å². The molecule has 0 spiro atoms. The quantitative estimate of drug-likeness (QED) is 0.804. The summed E-state index contributed by atoms with van der Waals surface area (Å²) in [5.41, 5.74) is 0.902. The Bertz CT molecular complexity index is 614. The van der Waals surface area contributed by atoms with Crippen LogP contribution in [0.3, 0.4) is 0 Å². The number of carboxylic acid groups (broad SMARTS) is 1. The van der Waals surface area contributed by atoms with E-state index in [9.17, 15) is 4.79 Å². The highest BCUT2D eigenvalue weighted by Crippen LogP contribution is 2.32. The summed E-state index contributed by atoms with van der Waals surface area (Å²) in [5, 5.41) is 8.54. The van der Waals surface area contributed by atoms with Gasteiger partial charge in [0.2, 0.25) is 0 Å². The van der Waals surface area contributed by atoms with E-state index >= 15 is 0 Å². The molecule has 2 aromatic rings. The van der Waals surface area contributed by atoms with Crippen molar-refractivity contribution in [2.75, 3.05) is 0 Å². The molecule has 0 amide bonds. The first-order valence-corrected chi connectivity index (χ1v) is 6.61. The number of furan rings is 1. The number of hydrogen-bond acceptors (Lipinski definition) is 2. The van der Waals surface area contributed by atoms with Crippen LogP contribution in [0.4, 0.5) is 0 Å². The Balaban J connectivity index is 2.35. The lowest BCUT2D eigenvalue weighted by atomic mass is 10.2. The molecule has 92 valence electrons. The average molecular weight is 372 g/mol. The molecule has 0 aliphatic heterocycles. The fourth-order valence-corrected chi connectivity index (χ4v) is 2.23. The molecule has 0 aliphatic carbocycles. The van der Waals surface area contributed by atoms with Crippen molar-refractivity contribution in [3.8, 4) is 11.3 Å². The van der Waals surface area contributed by atoms with Crippen LogP contribution >= 0.6 is 31.9 Å². The first kappa shape index (κ1) is 13.1. The smallest absolute Gasteiger partial charge is 0.328 e.